The minimum atomic E-state index is -0.138. The van der Waals surface area contributed by atoms with Crippen molar-refractivity contribution in [3.05, 3.63) is 156 Å². The molecule has 4 heteroatoms. The molecule has 0 aromatic heterocycles. The summed E-state index contributed by atoms with van der Waals surface area (Å²) in [6.07, 6.45) is 0. The second-order valence-electron chi connectivity index (χ2n) is 12.8. The van der Waals surface area contributed by atoms with Gasteiger partial charge in [0.15, 0.2) is 0 Å². The van der Waals surface area contributed by atoms with Crippen LogP contribution in [0.2, 0.25) is 0 Å². The molecule has 4 atom stereocenters. The van der Waals surface area contributed by atoms with Crippen molar-refractivity contribution < 1.29 is 17.3 Å². The van der Waals surface area contributed by atoms with Crippen molar-refractivity contribution >= 4 is 60.3 Å². The van der Waals surface area contributed by atoms with E-state index in [0.29, 0.717) is 5.92 Å². The maximum atomic E-state index is 4.68. The van der Waals surface area contributed by atoms with Crippen LogP contribution in [0, 0.1) is 44.1 Å². The summed E-state index contributed by atoms with van der Waals surface area (Å²) < 4.78 is 0. The molecule has 0 nitrogen and oxygen atoms in total. The fourth-order valence-electron chi connectivity index (χ4n) is 6.98. The second kappa shape index (κ2) is 14.3. The van der Waals surface area contributed by atoms with E-state index in [1.165, 1.54) is 71.5 Å². The van der Waals surface area contributed by atoms with Crippen LogP contribution in [0.5, 0.6) is 0 Å². The fourth-order valence-corrected chi connectivity index (χ4v) is 7.78. The first-order chi connectivity index (χ1) is 22.1. The summed E-state index contributed by atoms with van der Waals surface area (Å²) in [5, 5.41) is 7.63. The minimum absolute atomic E-state index is 0.0913. The van der Waals surface area contributed by atoms with Gasteiger partial charge in [0.2, 0.25) is 0 Å². The first-order valence-electron chi connectivity index (χ1n) is 15.5. The van der Waals surface area contributed by atoms with E-state index < -0.39 is 0 Å². The van der Waals surface area contributed by atoms with Crippen LogP contribution in [0.15, 0.2) is 115 Å². The molecule has 0 saturated heterocycles. The van der Waals surface area contributed by atoms with Crippen molar-refractivity contribution in [2.75, 3.05) is 0 Å². The van der Waals surface area contributed by atoms with Gasteiger partial charge in [0.25, 0.3) is 0 Å². The van der Waals surface area contributed by atoms with Crippen molar-refractivity contribution in [3.8, 4) is 11.1 Å². The molecule has 1 saturated carbocycles. The Labute approximate surface area is 294 Å². The molecule has 1 aliphatic rings. The molecule has 3 unspecified atom stereocenters. The Kier molecular flexibility index (Phi) is 10.8. The maximum absolute atomic E-state index is 4.68. The van der Waals surface area contributed by atoms with Crippen molar-refractivity contribution in [1.29, 1.82) is 0 Å². The third-order valence-corrected chi connectivity index (χ3v) is 10.8. The van der Waals surface area contributed by atoms with E-state index in [2.05, 4.69) is 191 Å². The number of hydrogen-bond acceptors (Lipinski definition) is 0. The Morgan fingerprint density at radius 1 is 0.696 bits per heavy atom. The number of halogens is 1. The van der Waals surface area contributed by atoms with Gasteiger partial charge in [-0.15, -0.1) is 23.9 Å². The van der Waals surface area contributed by atoms with Gasteiger partial charge in [-0.05, 0) is 57.1 Å². The molecule has 0 aliphatic heterocycles. The van der Waals surface area contributed by atoms with E-state index in [0.717, 1.165) is 0 Å². The van der Waals surface area contributed by atoms with Crippen LogP contribution >= 0.6 is 28.2 Å². The van der Waals surface area contributed by atoms with Gasteiger partial charge in [0.05, 0.1) is 0 Å². The van der Waals surface area contributed by atoms with Crippen molar-refractivity contribution in [2.24, 2.45) is 11.3 Å². The number of rotatable bonds is 4. The van der Waals surface area contributed by atoms with Crippen LogP contribution in [-0.2, 0) is 22.7 Å². The first-order valence-corrected chi connectivity index (χ1v) is 18.9. The SMILES string of the molecule is Pc1ccc2ccccc2c1-c1c(P)ccc2ccccc12.[CH2-]C1(c2ccc(C)cc2)[C-](c2[c-]cc(C)cc2)[C@@]1(C)C(C)C.[Cl][Ru+3]. The average Bonchev–Trinajstić information content (AvgIpc) is 3.60. The predicted molar refractivity (Wildman–Crippen MR) is 205 cm³/mol. The molecule has 1 aliphatic carbocycles. The summed E-state index contributed by atoms with van der Waals surface area (Å²) in [5.74, 6) is 1.97. The molecule has 234 valence electrons. The van der Waals surface area contributed by atoms with Crippen LogP contribution in [-0.4, -0.2) is 0 Å². The van der Waals surface area contributed by atoms with Crippen LogP contribution in [0.4, 0.5) is 0 Å². The zero-order valence-corrected chi connectivity index (χ0v) is 31.9. The quantitative estimate of drug-likeness (QED) is 0.0958. The number of hydrogen-bond donors (Lipinski definition) is 0. The molecule has 0 heterocycles. The Bertz CT molecular complexity index is 1880. The Hall–Kier alpha value is -2.52. The van der Waals surface area contributed by atoms with Crippen molar-refractivity contribution in [3.63, 3.8) is 0 Å². The van der Waals surface area contributed by atoms with Gasteiger partial charge < -0.3 is 24.5 Å². The molecule has 0 amide bonds. The van der Waals surface area contributed by atoms with Gasteiger partial charge in [-0.25, -0.2) is 5.41 Å². The summed E-state index contributed by atoms with van der Waals surface area (Å²) in [4.78, 5) is 0. The van der Waals surface area contributed by atoms with Crippen LogP contribution in [0.1, 0.15) is 43.0 Å². The van der Waals surface area contributed by atoms with Gasteiger partial charge in [0, 0.05) is 0 Å². The number of benzene rings is 6. The van der Waals surface area contributed by atoms with E-state index >= 15 is 0 Å². The monoisotopic (exact) mass is 744 g/mol. The zero-order chi connectivity index (χ0) is 33.2. The van der Waals surface area contributed by atoms with E-state index in [-0.39, 0.29) is 10.8 Å². The van der Waals surface area contributed by atoms with Crippen LogP contribution in [0.3, 0.4) is 0 Å². The van der Waals surface area contributed by atoms with Gasteiger partial charge in [-0.2, -0.15) is 12.1 Å². The summed E-state index contributed by atoms with van der Waals surface area (Å²) in [6, 6.07) is 44.7. The molecule has 0 radical (unpaired) electrons. The van der Waals surface area contributed by atoms with Gasteiger partial charge >= 0.3 is 27.0 Å². The van der Waals surface area contributed by atoms with E-state index in [1.807, 2.05) is 17.3 Å². The van der Waals surface area contributed by atoms with E-state index in [4.69, 9.17) is 0 Å². The summed E-state index contributed by atoms with van der Waals surface area (Å²) in [6.45, 7) is 15.9. The summed E-state index contributed by atoms with van der Waals surface area (Å²) in [5.41, 5.74) is 7.66. The molecule has 6 aromatic carbocycles. The molecule has 0 N–H and O–H groups in total. The summed E-state index contributed by atoms with van der Waals surface area (Å²) in [7, 11) is 10.4. The average molecular weight is 744 g/mol. The molecule has 6 aromatic rings. The Morgan fingerprint density at radius 2 is 1.17 bits per heavy atom. The molecule has 1 fully saturated rings. The molecule has 46 heavy (non-hydrogen) atoms. The van der Waals surface area contributed by atoms with E-state index in [9.17, 15) is 0 Å². The van der Waals surface area contributed by atoms with Crippen LogP contribution in [0.25, 0.3) is 32.7 Å². The van der Waals surface area contributed by atoms with Gasteiger partial charge in [-0.1, -0.05) is 140 Å². The summed E-state index contributed by atoms with van der Waals surface area (Å²) >= 11 is 1.82. The van der Waals surface area contributed by atoms with E-state index in [1.54, 1.807) is 0 Å². The van der Waals surface area contributed by atoms with Crippen molar-refractivity contribution in [2.45, 2.75) is 40.0 Å². The topological polar surface area (TPSA) is 0 Å². The van der Waals surface area contributed by atoms with Gasteiger partial charge in [-0.3, -0.25) is 6.07 Å². The number of fused-ring (bicyclic) bond motifs is 2. The molecule has 0 spiro atoms. The van der Waals surface area contributed by atoms with Crippen molar-refractivity contribution in [1.82, 2.24) is 0 Å². The Morgan fingerprint density at radius 3 is 1.63 bits per heavy atom. The van der Waals surface area contributed by atoms with Crippen LogP contribution < -0.4 is 10.6 Å². The third-order valence-electron chi connectivity index (χ3n) is 9.88. The second-order valence-corrected chi connectivity index (χ2v) is 14.0. The molecule has 0 bridgehead atoms. The van der Waals surface area contributed by atoms with Gasteiger partial charge in [0.1, 0.15) is 0 Å². The standard InChI is InChI=1S/C22H25.C20H16P2.ClH.Ru/c1-15(2)21(5)20(18-11-7-16(3)8-12-18)22(21,6)19-13-9-17(4)10-14-19;21-17-11-9-13-5-1-3-7-15(13)19(17)20-16-8-4-2-6-14(16)10-12-18(20)22;;/h7-11,13-15H,6H2,1-5H3;1-12H,21-22H2;1H;/q-3;;;+4/p-1/t21-,22?;;;/m1.../s1. The Balaban J connectivity index is 0.000000172. The fraction of sp³-hybridized carbons (Fsp3) is 0.190. The molecular formula is C42H41ClP2Ru. The number of aryl methyl sites for hydroxylation is 2. The first kappa shape index (κ1) is 34.8. The molecular weight excluding hydrogens is 703 g/mol. The predicted octanol–water partition coefficient (Wildman–Crippen LogP) is 10.8. The zero-order valence-electron chi connectivity index (χ0n) is 27.1. The third kappa shape index (κ3) is 6.23. The normalized spacial score (nSPS) is 18.5. The molecule has 7 rings (SSSR count).